The molecule has 2 rings (SSSR count). The minimum Gasteiger partial charge on any atom is -0.362 e. The molecule has 0 spiro atoms. The maximum Gasteiger partial charge on any atom is 0.183 e. The number of hydrogen-bond donors (Lipinski definition) is 1. The summed E-state index contributed by atoms with van der Waals surface area (Å²) >= 11 is 1.49. The third kappa shape index (κ3) is 2.82. The Bertz CT molecular complexity index is 508. The molecule has 2 aromatic rings. The van der Waals surface area contributed by atoms with Crippen LogP contribution in [-0.4, -0.2) is 11.5 Å². The Morgan fingerprint density at radius 1 is 1.41 bits per heavy atom. The van der Waals surface area contributed by atoms with Gasteiger partial charge in [0, 0.05) is 18.3 Å². The summed E-state index contributed by atoms with van der Waals surface area (Å²) in [5.74, 6) is -0.193. The largest absolute Gasteiger partial charge is 0.362 e. The van der Waals surface area contributed by atoms with Crippen molar-refractivity contribution in [3.8, 4) is 10.4 Å². The number of aromatic nitrogens is 1. The van der Waals surface area contributed by atoms with Gasteiger partial charge in [-0.1, -0.05) is 29.9 Å². The summed E-state index contributed by atoms with van der Waals surface area (Å²) in [5.41, 5.74) is 1.69. The molecule has 0 amide bonds. The number of halogens is 1. The molecule has 90 valence electrons. The third-order valence-corrected chi connectivity index (χ3v) is 3.41. The van der Waals surface area contributed by atoms with E-state index in [4.69, 9.17) is 0 Å². The van der Waals surface area contributed by atoms with Crippen molar-refractivity contribution >= 4 is 16.5 Å². The first-order valence-corrected chi connectivity index (χ1v) is 6.48. The highest BCUT2D eigenvalue weighted by atomic mass is 32.1. The van der Waals surface area contributed by atoms with E-state index < -0.39 is 0 Å². The minimum absolute atomic E-state index is 0.193. The second-order valence-corrected chi connectivity index (χ2v) is 4.97. The zero-order chi connectivity index (χ0) is 12.3. The predicted octanol–water partition coefficient (Wildman–Crippen LogP) is 4.08. The van der Waals surface area contributed by atoms with Gasteiger partial charge in [-0.15, -0.1) is 0 Å². The number of benzene rings is 1. The summed E-state index contributed by atoms with van der Waals surface area (Å²) in [4.78, 5) is 5.11. The molecule has 0 radical (unpaired) electrons. The molecular formula is C13H15FN2S. The number of hydrogen-bond acceptors (Lipinski definition) is 3. The van der Waals surface area contributed by atoms with Crippen molar-refractivity contribution in [3.05, 3.63) is 35.8 Å². The van der Waals surface area contributed by atoms with Crippen LogP contribution in [0.15, 0.2) is 24.4 Å². The zero-order valence-corrected chi connectivity index (χ0v) is 10.8. The number of rotatable bonds is 4. The fourth-order valence-electron chi connectivity index (χ4n) is 1.54. The summed E-state index contributed by atoms with van der Waals surface area (Å²) in [7, 11) is 0. The Morgan fingerprint density at radius 3 is 3.00 bits per heavy atom. The van der Waals surface area contributed by atoms with E-state index in [0.29, 0.717) is 5.56 Å². The Hall–Kier alpha value is -1.42. The van der Waals surface area contributed by atoms with Gasteiger partial charge in [-0.2, -0.15) is 0 Å². The normalized spacial score (nSPS) is 10.5. The van der Waals surface area contributed by atoms with Crippen LogP contribution in [0, 0.1) is 12.7 Å². The lowest BCUT2D eigenvalue weighted by Gasteiger charge is -2.01. The Kier molecular flexibility index (Phi) is 3.74. The Labute approximate surface area is 105 Å². The zero-order valence-electron chi connectivity index (χ0n) is 9.96. The van der Waals surface area contributed by atoms with Crippen molar-refractivity contribution in [2.45, 2.75) is 20.3 Å². The lowest BCUT2D eigenvalue weighted by atomic mass is 10.1. The smallest absolute Gasteiger partial charge is 0.183 e. The second kappa shape index (κ2) is 5.27. The van der Waals surface area contributed by atoms with Crippen molar-refractivity contribution < 1.29 is 4.39 Å². The van der Waals surface area contributed by atoms with Gasteiger partial charge in [-0.3, -0.25) is 0 Å². The summed E-state index contributed by atoms with van der Waals surface area (Å²) in [6.07, 6.45) is 2.77. The van der Waals surface area contributed by atoms with Crippen LogP contribution >= 0.6 is 11.3 Å². The number of thiazole rings is 1. The van der Waals surface area contributed by atoms with E-state index >= 15 is 0 Å². The van der Waals surface area contributed by atoms with E-state index in [2.05, 4.69) is 17.2 Å². The summed E-state index contributed by atoms with van der Waals surface area (Å²) in [6, 6.07) is 5.13. The lowest BCUT2D eigenvalue weighted by molar-refractivity contribution is 0.631. The highest BCUT2D eigenvalue weighted by Crippen LogP contribution is 2.31. The van der Waals surface area contributed by atoms with Crippen LogP contribution in [0.5, 0.6) is 0 Å². The van der Waals surface area contributed by atoms with Gasteiger partial charge in [0.05, 0.1) is 4.88 Å². The molecule has 1 heterocycles. The molecule has 4 heteroatoms. The molecule has 1 N–H and O–H groups in total. The molecular weight excluding hydrogens is 235 g/mol. The molecule has 2 nitrogen and oxygen atoms in total. The van der Waals surface area contributed by atoms with Crippen molar-refractivity contribution in [2.75, 3.05) is 11.9 Å². The molecule has 0 saturated carbocycles. The molecule has 17 heavy (non-hydrogen) atoms. The van der Waals surface area contributed by atoms with E-state index in [-0.39, 0.29) is 5.82 Å². The number of nitrogens with zero attached hydrogens (tertiary/aromatic N) is 1. The quantitative estimate of drug-likeness (QED) is 0.884. The van der Waals surface area contributed by atoms with Crippen LogP contribution in [-0.2, 0) is 0 Å². The van der Waals surface area contributed by atoms with Gasteiger partial charge in [-0.25, -0.2) is 9.37 Å². The molecule has 0 aliphatic carbocycles. The number of nitrogens with one attached hydrogen (secondary N) is 1. The van der Waals surface area contributed by atoms with Gasteiger partial charge in [-0.05, 0) is 25.5 Å². The first-order chi connectivity index (χ1) is 8.20. The van der Waals surface area contributed by atoms with Crippen LogP contribution in [0.25, 0.3) is 10.4 Å². The summed E-state index contributed by atoms with van der Waals surface area (Å²) < 4.78 is 13.7. The molecule has 0 saturated heterocycles. The van der Waals surface area contributed by atoms with Gasteiger partial charge in [0.2, 0.25) is 0 Å². The fraction of sp³-hybridized carbons (Fsp3) is 0.308. The van der Waals surface area contributed by atoms with Crippen LogP contribution in [0.4, 0.5) is 9.52 Å². The van der Waals surface area contributed by atoms with E-state index in [1.54, 1.807) is 12.3 Å². The monoisotopic (exact) mass is 250 g/mol. The highest BCUT2D eigenvalue weighted by Gasteiger charge is 2.09. The van der Waals surface area contributed by atoms with Gasteiger partial charge in [0.1, 0.15) is 5.82 Å². The van der Waals surface area contributed by atoms with Crippen molar-refractivity contribution in [2.24, 2.45) is 0 Å². The van der Waals surface area contributed by atoms with Crippen LogP contribution in [0.1, 0.15) is 18.9 Å². The SMILES string of the molecule is CCCNc1ncc(-c2cc(C)ccc2F)s1. The average molecular weight is 250 g/mol. The molecule has 0 unspecified atom stereocenters. The standard InChI is InChI=1S/C13H15FN2S/c1-3-6-15-13-16-8-12(17-13)10-7-9(2)4-5-11(10)14/h4-5,7-8H,3,6H2,1-2H3,(H,15,16). The maximum atomic E-state index is 13.7. The second-order valence-electron chi connectivity index (χ2n) is 3.94. The topological polar surface area (TPSA) is 24.9 Å². The number of aryl methyl sites for hydroxylation is 1. The van der Waals surface area contributed by atoms with Gasteiger partial charge in [0.25, 0.3) is 0 Å². The molecule has 0 atom stereocenters. The van der Waals surface area contributed by atoms with E-state index in [0.717, 1.165) is 28.5 Å². The van der Waals surface area contributed by atoms with Gasteiger partial charge >= 0.3 is 0 Å². The fourth-order valence-corrected chi connectivity index (χ4v) is 2.40. The van der Waals surface area contributed by atoms with Crippen LogP contribution in [0.2, 0.25) is 0 Å². The first kappa shape index (κ1) is 12.0. The van der Waals surface area contributed by atoms with E-state index in [1.807, 2.05) is 13.0 Å². The third-order valence-electron chi connectivity index (χ3n) is 2.42. The molecule has 1 aromatic heterocycles. The highest BCUT2D eigenvalue weighted by molar-refractivity contribution is 7.18. The molecule has 1 aromatic carbocycles. The summed E-state index contributed by atoms with van der Waals surface area (Å²) in [6.45, 7) is 4.95. The summed E-state index contributed by atoms with van der Waals surface area (Å²) in [5, 5.41) is 4.05. The maximum absolute atomic E-state index is 13.7. The van der Waals surface area contributed by atoms with Crippen molar-refractivity contribution in [1.29, 1.82) is 0 Å². The average Bonchev–Trinajstić information content (AvgIpc) is 2.78. The van der Waals surface area contributed by atoms with Gasteiger partial charge < -0.3 is 5.32 Å². The Balaban J connectivity index is 2.27. The van der Waals surface area contributed by atoms with Crippen molar-refractivity contribution in [3.63, 3.8) is 0 Å². The Morgan fingerprint density at radius 2 is 2.24 bits per heavy atom. The molecule has 0 aliphatic heterocycles. The van der Waals surface area contributed by atoms with Crippen LogP contribution < -0.4 is 5.32 Å². The van der Waals surface area contributed by atoms with Crippen LogP contribution in [0.3, 0.4) is 0 Å². The van der Waals surface area contributed by atoms with E-state index in [9.17, 15) is 4.39 Å². The number of anilines is 1. The molecule has 0 fully saturated rings. The molecule has 0 aliphatic rings. The van der Waals surface area contributed by atoms with Crippen molar-refractivity contribution in [1.82, 2.24) is 4.98 Å². The first-order valence-electron chi connectivity index (χ1n) is 5.67. The minimum atomic E-state index is -0.193. The van der Waals surface area contributed by atoms with Gasteiger partial charge in [0.15, 0.2) is 5.13 Å². The predicted molar refractivity (Wildman–Crippen MR) is 71.0 cm³/mol. The molecule has 0 bridgehead atoms. The van der Waals surface area contributed by atoms with E-state index in [1.165, 1.54) is 17.4 Å². The lowest BCUT2D eigenvalue weighted by Crippen LogP contribution is -1.97.